The van der Waals surface area contributed by atoms with Gasteiger partial charge in [-0.05, 0) is 29.3 Å². The second-order valence-corrected chi connectivity index (χ2v) is 8.69. The van der Waals surface area contributed by atoms with Gasteiger partial charge in [-0.2, -0.15) is 9.97 Å². The summed E-state index contributed by atoms with van der Waals surface area (Å²) in [4.78, 5) is 46.6. The fourth-order valence-corrected chi connectivity index (χ4v) is 4.11. The first-order chi connectivity index (χ1) is 18.0. The molecular formula is C22H21ClFN5O9. The Morgan fingerprint density at radius 3 is 2.50 bits per heavy atom. The molecule has 5 N–H and O–H groups in total. The van der Waals surface area contributed by atoms with Crippen molar-refractivity contribution in [3.05, 3.63) is 41.4 Å². The maximum Gasteiger partial charge on any atom is 0.348 e. The normalized spacial score (nSPS) is 19.5. The third-order valence-electron chi connectivity index (χ3n) is 5.77. The molecule has 0 bridgehead atoms. The summed E-state index contributed by atoms with van der Waals surface area (Å²) in [5, 5.41) is 28.1. The highest BCUT2D eigenvalue weighted by Gasteiger charge is 2.50. The minimum Gasteiger partial charge on any atom is -0.482 e. The molecule has 38 heavy (non-hydrogen) atoms. The van der Waals surface area contributed by atoms with Gasteiger partial charge in [-0.3, -0.25) is 4.57 Å². The van der Waals surface area contributed by atoms with E-state index in [4.69, 9.17) is 36.7 Å². The number of ether oxygens (including phenoxy) is 3. The molecule has 0 saturated carbocycles. The smallest absolute Gasteiger partial charge is 0.348 e. The van der Waals surface area contributed by atoms with Gasteiger partial charge in [-0.15, -0.1) is 0 Å². The van der Waals surface area contributed by atoms with Crippen LogP contribution >= 0.6 is 11.6 Å². The summed E-state index contributed by atoms with van der Waals surface area (Å²) in [7, 11) is 0. The lowest BCUT2D eigenvalue weighted by molar-refractivity contribution is -0.188. The van der Waals surface area contributed by atoms with E-state index in [1.165, 1.54) is 35.2 Å². The molecule has 14 nitrogen and oxygen atoms in total. The Morgan fingerprint density at radius 2 is 1.87 bits per heavy atom. The monoisotopic (exact) mass is 553 g/mol. The first-order valence-corrected chi connectivity index (χ1v) is 11.4. The average molecular weight is 554 g/mol. The van der Waals surface area contributed by atoms with Crippen LogP contribution in [0.5, 0.6) is 5.75 Å². The zero-order chi connectivity index (χ0) is 27.6. The molecule has 0 spiro atoms. The molecule has 0 aliphatic carbocycles. The SMILES string of the molecule is Nc1nc(Cl)nc2c1ncn2C1OC(COC(Cc2ccc(OCC(=O)O)cc2)(C(=O)O)C(=O)O)CC1F. The Kier molecular flexibility index (Phi) is 7.61. The van der Waals surface area contributed by atoms with Crippen molar-refractivity contribution in [2.75, 3.05) is 18.9 Å². The van der Waals surface area contributed by atoms with E-state index >= 15 is 0 Å². The zero-order valence-electron chi connectivity index (χ0n) is 19.4. The number of hydrogen-bond acceptors (Lipinski definition) is 10. The summed E-state index contributed by atoms with van der Waals surface area (Å²) in [6.07, 6.45) is -3.42. The van der Waals surface area contributed by atoms with Crippen LogP contribution in [0.2, 0.25) is 5.28 Å². The molecule has 2 aromatic heterocycles. The Hall–Kier alpha value is -4.08. The van der Waals surface area contributed by atoms with E-state index in [9.17, 15) is 29.0 Å². The predicted molar refractivity (Wildman–Crippen MR) is 125 cm³/mol. The number of halogens is 2. The third-order valence-corrected chi connectivity index (χ3v) is 5.94. The van der Waals surface area contributed by atoms with Crippen LogP contribution in [0, 0.1) is 0 Å². The Balaban J connectivity index is 1.48. The lowest BCUT2D eigenvalue weighted by atomic mass is 9.94. The number of nitrogens with two attached hydrogens (primary N) is 1. The van der Waals surface area contributed by atoms with Gasteiger partial charge in [0.2, 0.25) is 5.28 Å². The van der Waals surface area contributed by atoms with Crippen LogP contribution in [-0.4, -0.2) is 83.8 Å². The van der Waals surface area contributed by atoms with Gasteiger partial charge in [-0.1, -0.05) is 12.1 Å². The highest BCUT2D eigenvalue weighted by molar-refractivity contribution is 6.28. The molecule has 0 amide bonds. The van der Waals surface area contributed by atoms with Crippen LogP contribution < -0.4 is 10.5 Å². The fraction of sp³-hybridized carbons (Fsp3) is 0.364. The van der Waals surface area contributed by atoms with Crippen molar-refractivity contribution < 1.29 is 48.3 Å². The van der Waals surface area contributed by atoms with Gasteiger partial charge >= 0.3 is 17.9 Å². The number of hydrogen-bond donors (Lipinski definition) is 4. The predicted octanol–water partition coefficient (Wildman–Crippen LogP) is 1.32. The van der Waals surface area contributed by atoms with Crippen molar-refractivity contribution >= 4 is 46.5 Å². The van der Waals surface area contributed by atoms with Crippen LogP contribution in [0.1, 0.15) is 18.2 Å². The lowest BCUT2D eigenvalue weighted by Crippen LogP contribution is -2.52. The molecule has 16 heteroatoms. The Labute approximate surface area is 217 Å². The summed E-state index contributed by atoms with van der Waals surface area (Å²) in [5.41, 5.74) is 3.62. The minimum atomic E-state index is -2.71. The van der Waals surface area contributed by atoms with Crippen molar-refractivity contribution in [1.29, 1.82) is 0 Å². The van der Waals surface area contributed by atoms with E-state index in [0.29, 0.717) is 0 Å². The number of rotatable bonds is 11. The van der Waals surface area contributed by atoms with E-state index in [2.05, 4.69) is 15.0 Å². The summed E-state index contributed by atoms with van der Waals surface area (Å²) in [6, 6.07) is 5.49. The van der Waals surface area contributed by atoms with Crippen molar-refractivity contribution in [2.45, 2.75) is 36.9 Å². The quantitative estimate of drug-likeness (QED) is 0.195. The number of carboxylic acids is 3. The second kappa shape index (κ2) is 10.7. The highest BCUT2D eigenvalue weighted by atomic mass is 35.5. The van der Waals surface area contributed by atoms with Gasteiger partial charge in [0.15, 0.2) is 24.3 Å². The summed E-state index contributed by atoms with van der Waals surface area (Å²) in [5.74, 6) is -4.56. The molecule has 3 aromatic rings. The average Bonchev–Trinajstić information content (AvgIpc) is 3.43. The van der Waals surface area contributed by atoms with Crippen molar-refractivity contribution in [3.8, 4) is 5.75 Å². The first kappa shape index (κ1) is 27.0. The maximum absolute atomic E-state index is 14.9. The van der Waals surface area contributed by atoms with E-state index < -0.39 is 61.6 Å². The summed E-state index contributed by atoms with van der Waals surface area (Å²) in [6.45, 7) is -1.14. The Bertz CT molecular complexity index is 1360. The number of alkyl halides is 1. The van der Waals surface area contributed by atoms with E-state index in [-0.39, 0.29) is 40.0 Å². The Morgan fingerprint density at radius 1 is 1.18 bits per heavy atom. The van der Waals surface area contributed by atoms with Crippen molar-refractivity contribution in [1.82, 2.24) is 19.5 Å². The number of nitrogens with zero attached hydrogens (tertiary/aromatic N) is 4. The molecule has 1 aliphatic heterocycles. The molecule has 3 atom stereocenters. The summed E-state index contributed by atoms with van der Waals surface area (Å²) < 4.78 is 32.3. The second-order valence-electron chi connectivity index (χ2n) is 8.35. The molecule has 1 saturated heterocycles. The largest absolute Gasteiger partial charge is 0.482 e. The van der Waals surface area contributed by atoms with Crippen molar-refractivity contribution in [3.63, 3.8) is 0 Å². The van der Waals surface area contributed by atoms with Gasteiger partial charge in [0.05, 0.1) is 19.0 Å². The first-order valence-electron chi connectivity index (χ1n) is 11.0. The molecular weight excluding hydrogens is 533 g/mol. The number of carbonyl (C=O) groups is 3. The van der Waals surface area contributed by atoms with Crippen LogP contribution in [0.15, 0.2) is 30.6 Å². The highest BCUT2D eigenvalue weighted by Crippen LogP contribution is 2.35. The van der Waals surface area contributed by atoms with E-state index in [0.717, 1.165) is 0 Å². The maximum atomic E-state index is 14.9. The van der Waals surface area contributed by atoms with Crippen LogP contribution in [0.3, 0.4) is 0 Å². The van der Waals surface area contributed by atoms with E-state index in [1.54, 1.807) is 0 Å². The molecule has 0 radical (unpaired) electrons. The lowest BCUT2D eigenvalue weighted by Gasteiger charge is -2.27. The molecule has 1 aliphatic rings. The number of nitrogen functional groups attached to an aromatic ring is 1. The number of imidazole rings is 1. The van der Waals surface area contributed by atoms with Gasteiger partial charge in [-0.25, -0.2) is 23.8 Å². The van der Waals surface area contributed by atoms with Crippen LogP contribution in [0.4, 0.5) is 10.2 Å². The molecule has 202 valence electrons. The van der Waals surface area contributed by atoms with Crippen LogP contribution in [-0.2, 0) is 30.3 Å². The number of aliphatic carboxylic acids is 3. The minimum absolute atomic E-state index is 0.0128. The molecule has 4 rings (SSSR count). The zero-order valence-corrected chi connectivity index (χ0v) is 20.1. The fourth-order valence-electron chi connectivity index (χ4n) is 3.94. The van der Waals surface area contributed by atoms with Crippen LogP contribution in [0.25, 0.3) is 11.2 Å². The molecule has 1 fully saturated rings. The topological polar surface area (TPSA) is 209 Å². The number of anilines is 1. The number of aromatic nitrogens is 4. The summed E-state index contributed by atoms with van der Waals surface area (Å²) >= 11 is 5.85. The number of fused-ring (bicyclic) bond motifs is 1. The van der Waals surface area contributed by atoms with Crippen molar-refractivity contribution in [2.24, 2.45) is 0 Å². The van der Waals surface area contributed by atoms with Gasteiger partial charge in [0.1, 0.15) is 17.4 Å². The third kappa shape index (κ3) is 5.44. The standard InChI is InChI=1S/C22H21ClFN5O9/c23-21-27-16(25)15-17(28-21)29(9-26-15)18-13(24)5-12(38-18)7-37-22(19(32)33,20(34)35)6-10-1-3-11(4-2-10)36-8-14(30)31/h1-4,9,12-13,18H,5-8H2,(H,30,31)(H,32,33)(H,34,35)(H2,25,27,28). The number of carboxylic acid groups (broad SMARTS) is 3. The van der Waals surface area contributed by atoms with E-state index in [1.807, 2.05) is 0 Å². The molecule has 1 aromatic carbocycles. The van der Waals surface area contributed by atoms with Gasteiger partial charge < -0.3 is 35.3 Å². The molecule has 3 heterocycles. The number of benzene rings is 1. The molecule has 3 unspecified atom stereocenters. The van der Waals surface area contributed by atoms with Gasteiger partial charge in [0.25, 0.3) is 5.60 Å². The van der Waals surface area contributed by atoms with Gasteiger partial charge in [0, 0.05) is 12.8 Å².